The lowest BCUT2D eigenvalue weighted by Crippen LogP contribution is -2.26. The van der Waals surface area contributed by atoms with Crippen LogP contribution in [0, 0.1) is 6.92 Å². The Labute approximate surface area is 163 Å². The van der Waals surface area contributed by atoms with Crippen LogP contribution in [0.3, 0.4) is 0 Å². The molecular weight excluding hydrogens is 416 g/mol. The van der Waals surface area contributed by atoms with Crippen molar-refractivity contribution in [1.82, 2.24) is 34.7 Å². The Bertz CT molecular complexity index is 1020. The molecular formula is C16H19BrN8O2. The van der Waals surface area contributed by atoms with E-state index < -0.39 is 5.91 Å². The Hall–Kier alpha value is -2.95. The van der Waals surface area contributed by atoms with E-state index in [0.29, 0.717) is 16.7 Å². The van der Waals surface area contributed by atoms with Gasteiger partial charge in [-0.2, -0.15) is 15.3 Å². The van der Waals surface area contributed by atoms with Crippen molar-refractivity contribution in [2.75, 3.05) is 5.32 Å². The number of rotatable bonds is 5. The van der Waals surface area contributed by atoms with E-state index in [4.69, 9.17) is 0 Å². The van der Waals surface area contributed by atoms with Crippen LogP contribution in [0.2, 0.25) is 0 Å². The Kier molecular flexibility index (Phi) is 5.13. The monoisotopic (exact) mass is 434 g/mol. The lowest BCUT2D eigenvalue weighted by atomic mass is 10.3. The van der Waals surface area contributed by atoms with Gasteiger partial charge in [0.1, 0.15) is 5.69 Å². The summed E-state index contributed by atoms with van der Waals surface area (Å²) in [6.45, 7) is 2.16. The van der Waals surface area contributed by atoms with Crippen molar-refractivity contribution in [2.45, 2.75) is 13.5 Å². The predicted molar refractivity (Wildman–Crippen MR) is 101 cm³/mol. The third-order valence-electron chi connectivity index (χ3n) is 4.09. The molecule has 0 aliphatic carbocycles. The molecule has 0 spiro atoms. The number of carbonyl (C=O) groups is 2. The molecule has 0 saturated carbocycles. The molecule has 27 heavy (non-hydrogen) atoms. The van der Waals surface area contributed by atoms with Crippen LogP contribution >= 0.6 is 15.9 Å². The van der Waals surface area contributed by atoms with Gasteiger partial charge in [-0.3, -0.25) is 23.6 Å². The first-order chi connectivity index (χ1) is 12.8. The van der Waals surface area contributed by atoms with Crippen molar-refractivity contribution in [3.63, 3.8) is 0 Å². The molecule has 2 amide bonds. The Morgan fingerprint density at radius 1 is 1.11 bits per heavy atom. The molecule has 2 N–H and O–H groups in total. The molecule has 0 saturated heterocycles. The summed E-state index contributed by atoms with van der Waals surface area (Å²) in [6, 6.07) is 0. The lowest BCUT2D eigenvalue weighted by Gasteiger charge is -2.08. The smallest absolute Gasteiger partial charge is 0.277 e. The van der Waals surface area contributed by atoms with Crippen LogP contribution in [-0.2, 0) is 27.7 Å². The number of anilines is 1. The second kappa shape index (κ2) is 7.35. The minimum absolute atomic E-state index is 0.237. The number of hydrogen-bond acceptors (Lipinski definition) is 5. The number of carbonyl (C=O) groups excluding carboxylic acids is 2. The second-order valence-electron chi connectivity index (χ2n) is 6.06. The third kappa shape index (κ3) is 3.77. The van der Waals surface area contributed by atoms with Gasteiger partial charge in [0, 0.05) is 39.4 Å². The molecule has 0 aliphatic rings. The molecule has 0 unspecified atom stereocenters. The summed E-state index contributed by atoms with van der Waals surface area (Å²) in [5.74, 6) is -0.787. The zero-order chi connectivity index (χ0) is 19.7. The van der Waals surface area contributed by atoms with E-state index in [-0.39, 0.29) is 17.3 Å². The minimum atomic E-state index is -0.431. The first-order valence-corrected chi connectivity index (χ1v) is 8.85. The molecule has 3 aromatic heterocycles. The predicted octanol–water partition coefficient (Wildman–Crippen LogP) is 1.14. The highest BCUT2D eigenvalue weighted by Crippen LogP contribution is 2.22. The number of nitrogens with zero attached hydrogens (tertiary/aromatic N) is 6. The van der Waals surface area contributed by atoms with Gasteiger partial charge in [-0.25, -0.2) is 0 Å². The highest BCUT2D eigenvalue weighted by molar-refractivity contribution is 9.10. The molecule has 0 aromatic carbocycles. The van der Waals surface area contributed by atoms with Crippen LogP contribution in [0.25, 0.3) is 0 Å². The van der Waals surface area contributed by atoms with Crippen molar-refractivity contribution in [3.8, 4) is 0 Å². The number of nitrogens with one attached hydrogen (secondary N) is 2. The summed E-state index contributed by atoms with van der Waals surface area (Å²) < 4.78 is 5.27. The largest absolute Gasteiger partial charge is 0.346 e. The second-order valence-corrected chi connectivity index (χ2v) is 6.85. The van der Waals surface area contributed by atoms with Crippen LogP contribution in [-0.4, -0.2) is 41.2 Å². The van der Waals surface area contributed by atoms with Crippen molar-refractivity contribution in [1.29, 1.82) is 0 Å². The fourth-order valence-corrected chi connectivity index (χ4v) is 3.05. The summed E-state index contributed by atoms with van der Waals surface area (Å²) in [4.78, 5) is 25.2. The first kappa shape index (κ1) is 18.8. The number of aromatic nitrogens is 6. The number of halogens is 1. The normalized spacial score (nSPS) is 10.9. The molecule has 0 bridgehead atoms. The first-order valence-electron chi connectivity index (χ1n) is 8.06. The molecule has 3 heterocycles. The van der Waals surface area contributed by atoms with E-state index in [1.165, 1.54) is 10.9 Å². The summed E-state index contributed by atoms with van der Waals surface area (Å²) in [7, 11) is 5.19. The number of amides is 2. The van der Waals surface area contributed by atoms with Gasteiger partial charge in [0.2, 0.25) is 0 Å². The number of aryl methyl sites for hydroxylation is 3. The Balaban J connectivity index is 1.76. The van der Waals surface area contributed by atoms with Crippen molar-refractivity contribution >= 4 is 33.4 Å². The van der Waals surface area contributed by atoms with Gasteiger partial charge in [0.25, 0.3) is 11.8 Å². The fourth-order valence-electron chi connectivity index (χ4n) is 2.54. The van der Waals surface area contributed by atoms with Crippen LogP contribution in [0.5, 0.6) is 0 Å². The third-order valence-corrected chi connectivity index (χ3v) is 5.04. The standard InChI is InChI=1S/C16H19BrN8O2/c1-9-12(17)13(22-24(9)3)15(26)21-11-7-20-25(4)14(11)16(27)18-5-10-6-19-23(2)8-10/h6-8H,5H2,1-4H3,(H,18,27)(H,21,26). The Morgan fingerprint density at radius 2 is 1.85 bits per heavy atom. The summed E-state index contributed by atoms with van der Waals surface area (Å²) >= 11 is 3.37. The van der Waals surface area contributed by atoms with E-state index in [2.05, 4.69) is 41.9 Å². The highest BCUT2D eigenvalue weighted by Gasteiger charge is 2.22. The molecule has 142 valence electrons. The molecule has 0 fully saturated rings. The van der Waals surface area contributed by atoms with Crippen LogP contribution in [0.15, 0.2) is 23.1 Å². The molecule has 0 radical (unpaired) electrons. The highest BCUT2D eigenvalue weighted by atomic mass is 79.9. The lowest BCUT2D eigenvalue weighted by molar-refractivity contribution is 0.0942. The molecule has 0 aliphatic heterocycles. The van der Waals surface area contributed by atoms with Gasteiger partial charge in [0.15, 0.2) is 5.69 Å². The van der Waals surface area contributed by atoms with Gasteiger partial charge in [-0.05, 0) is 22.9 Å². The van der Waals surface area contributed by atoms with E-state index in [1.807, 2.05) is 13.1 Å². The molecule has 3 aromatic rings. The summed E-state index contributed by atoms with van der Waals surface area (Å²) in [5, 5.41) is 17.8. The molecule has 0 atom stereocenters. The topological polar surface area (TPSA) is 112 Å². The van der Waals surface area contributed by atoms with Crippen LogP contribution < -0.4 is 10.6 Å². The maximum absolute atomic E-state index is 12.6. The molecule has 3 rings (SSSR count). The van der Waals surface area contributed by atoms with E-state index in [1.54, 1.807) is 36.7 Å². The van der Waals surface area contributed by atoms with Crippen molar-refractivity contribution in [3.05, 3.63) is 45.7 Å². The Morgan fingerprint density at radius 3 is 2.44 bits per heavy atom. The maximum Gasteiger partial charge on any atom is 0.277 e. The molecule has 11 heteroatoms. The zero-order valence-electron chi connectivity index (χ0n) is 15.3. The fraction of sp³-hybridized carbons (Fsp3) is 0.312. The molecule has 10 nitrogen and oxygen atoms in total. The van der Waals surface area contributed by atoms with Crippen LogP contribution in [0.4, 0.5) is 5.69 Å². The minimum Gasteiger partial charge on any atom is -0.346 e. The average molecular weight is 435 g/mol. The maximum atomic E-state index is 12.6. The van der Waals surface area contributed by atoms with Gasteiger partial charge < -0.3 is 10.6 Å². The quantitative estimate of drug-likeness (QED) is 0.625. The summed E-state index contributed by atoms with van der Waals surface area (Å²) in [5.41, 5.74) is 2.48. The van der Waals surface area contributed by atoms with E-state index in [9.17, 15) is 9.59 Å². The van der Waals surface area contributed by atoms with Crippen molar-refractivity contribution in [2.24, 2.45) is 21.1 Å². The van der Waals surface area contributed by atoms with Gasteiger partial charge in [-0.1, -0.05) is 0 Å². The van der Waals surface area contributed by atoms with Gasteiger partial charge in [-0.15, -0.1) is 0 Å². The van der Waals surface area contributed by atoms with E-state index >= 15 is 0 Å². The van der Waals surface area contributed by atoms with Gasteiger partial charge in [0.05, 0.1) is 28.2 Å². The summed E-state index contributed by atoms with van der Waals surface area (Å²) in [6.07, 6.45) is 4.92. The van der Waals surface area contributed by atoms with E-state index in [0.717, 1.165) is 11.3 Å². The zero-order valence-corrected chi connectivity index (χ0v) is 16.9. The average Bonchev–Trinajstić information content (AvgIpc) is 3.27. The SMILES string of the molecule is Cc1c(Br)c(C(=O)Nc2cnn(C)c2C(=O)NCc2cnn(C)c2)nn1C. The van der Waals surface area contributed by atoms with Crippen molar-refractivity contribution < 1.29 is 9.59 Å². The number of hydrogen-bond donors (Lipinski definition) is 2. The van der Waals surface area contributed by atoms with Crippen LogP contribution in [0.1, 0.15) is 32.2 Å². The van der Waals surface area contributed by atoms with Gasteiger partial charge >= 0.3 is 0 Å².